The number of hydrogen-bond donors (Lipinski definition) is 2. The van der Waals surface area contributed by atoms with Crippen LogP contribution in [0.15, 0.2) is 18.5 Å². The van der Waals surface area contributed by atoms with E-state index >= 15 is 0 Å². The number of primary amides is 2. The molecule has 0 aromatic heterocycles. The fraction of sp³-hybridized carbons (Fsp3) is 0. The quantitative estimate of drug-likeness (QED) is 0.646. The third-order valence-corrected chi connectivity index (χ3v) is 1.94. The fourth-order valence-corrected chi connectivity index (χ4v) is 1.24. The molecule has 2 aliphatic heterocycles. The third-order valence-electron chi connectivity index (χ3n) is 1.94. The van der Waals surface area contributed by atoms with Gasteiger partial charge in [-0.15, -0.1) is 10.2 Å². The average Bonchev–Trinajstić information content (AvgIpc) is 2.59. The SMILES string of the molecule is NC(=O)c1nnc2ccn(C(N)=O)cc1-2. The smallest absolute Gasteiger partial charge is 0.322 e. The molecular weight excluding hydrogens is 198 g/mol. The van der Waals surface area contributed by atoms with Crippen LogP contribution in [0, 0.1) is 0 Å². The van der Waals surface area contributed by atoms with Crippen LogP contribution in [0.1, 0.15) is 10.5 Å². The predicted molar refractivity (Wildman–Crippen MR) is 50.1 cm³/mol. The summed E-state index contributed by atoms with van der Waals surface area (Å²) >= 11 is 0. The van der Waals surface area contributed by atoms with Crippen LogP contribution in [0.2, 0.25) is 0 Å². The first-order chi connectivity index (χ1) is 7.09. The number of carbonyl (C=O) groups is 2. The number of aromatic nitrogens is 3. The molecule has 0 saturated heterocycles. The maximum absolute atomic E-state index is 11.0. The van der Waals surface area contributed by atoms with Crippen LogP contribution in [0.25, 0.3) is 11.3 Å². The molecule has 2 heterocycles. The lowest BCUT2D eigenvalue weighted by Gasteiger charge is -2.03. The first-order valence-corrected chi connectivity index (χ1v) is 4.03. The summed E-state index contributed by atoms with van der Waals surface area (Å²) in [5.41, 5.74) is 11.1. The van der Waals surface area contributed by atoms with E-state index in [9.17, 15) is 9.59 Å². The molecule has 0 radical (unpaired) electrons. The Morgan fingerprint density at radius 3 is 2.60 bits per heavy atom. The molecule has 0 unspecified atom stereocenters. The van der Waals surface area contributed by atoms with E-state index in [0.29, 0.717) is 11.3 Å². The summed E-state index contributed by atoms with van der Waals surface area (Å²) in [6, 6.07) is 0.869. The molecule has 0 atom stereocenters. The van der Waals surface area contributed by atoms with Crippen LogP contribution in [0.5, 0.6) is 0 Å². The number of fused-ring (bicyclic) bond motifs is 1. The van der Waals surface area contributed by atoms with Crippen LogP contribution in [0.4, 0.5) is 4.79 Å². The van der Waals surface area contributed by atoms with Crippen molar-refractivity contribution in [2.24, 2.45) is 11.5 Å². The van der Waals surface area contributed by atoms with Gasteiger partial charge in [-0.3, -0.25) is 9.36 Å². The largest absolute Gasteiger partial charge is 0.364 e. The van der Waals surface area contributed by atoms with Gasteiger partial charge in [0.1, 0.15) is 0 Å². The monoisotopic (exact) mass is 205 g/mol. The van der Waals surface area contributed by atoms with E-state index in [-0.39, 0.29) is 5.69 Å². The Labute approximate surface area is 84.0 Å². The standard InChI is InChI=1S/C8H7N5O2/c9-7(14)6-4-3-13(8(10)15)2-1-5(4)11-12-6/h1-3H,(H2,9,14)(H2,10,15). The molecule has 2 rings (SSSR count). The van der Waals surface area contributed by atoms with Crippen molar-refractivity contribution in [1.29, 1.82) is 0 Å². The molecular formula is C8H7N5O2. The zero-order valence-corrected chi connectivity index (χ0v) is 7.54. The van der Waals surface area contributed by atoms with Crippen molar-refractivity contribution in [2.75, 3.05) is 0 Å². The minimum Gasteiger partial charge on any atom is -0.364 e. The van der Waals surface area contributed by atoms with Crippen LogP contribution >= 0.6 is 0 Å². The Morgan fingerprint density at radius 1 is 1.27 bits per heavy atom. The van der Waals surface area contributed by atoms with Crippen molar-refractivity contribution >= 4 is 11.9 Å². The topological polar surface area (TPSA) is 117 Å². The Morgan fingerprint density at radius 2 is 2.00 bits per heavy atom. The number of carbonyl (C=O) groups excluding carboxylic acids is 2. The number of rotatable bonds is 1. The Balaban J connectivity index is 2.66. The second-order valence-electron chi connectivity index (χ2n) is 2.90. The molecule has 0 saturated carbocycles. The maximum atomic E-state index is 11.0. The molecule has 0 fully saturated rings. The molecule has 0 spiro atoms. The lowest BCUT2D eigenvalue weighted by molar-refractivity contribution is 0.0996. The molecule has 2 aliphatic rings. The van der Waals surface area contributed by atoms with Crippen molar-refractivity contribution < 1.29 is 9.59 Å². The fourth-order valence-electron chi connectivity index (χ4n) is 1.24. The second kappa shape index (κ2) is 3.05. The van der Waals surface area contributed by atoms with E-state index < -0.39 is 11.9 Å². The average molecular weight is 205 g/mol. The summed E-state index contributed by atoms with van der Waals surface area (Å²) in [6.07, 6.45) is 2.81. The summed E-state index contributed by atoms with van der Waals surface area (Å²) in [4.78, 5) is 21.8. The minimum atomic E-state index is -0.695. The lowest BCUT2D eigenvalue weighted by Crippen LogP contribution is -2.20. The van der Waals surface area contributed by atoms with Gasteiger partial charge >= 0.3 is 6.03 Å². The summed E-state index contributed by atoms with van der Waals surface area (Å²) in [6.45, 7) is 0. The normalized spacial score (nSPS) is 10.4. The van der Waals surface area contributed by atoms with Crippen molar-refractivity contribution in [2.45, 2.75) is 0 Å². The van der Waals surface area contributed by atoms with Crippen molar-refractivity contribution in [3.63, 3.8) is 0 Å². The highest BCUT2D eigenvalue weighted by atomic mass is 16.2. The predicted octanol–water partition coefficient (Wildman–Crippen LogP) is -0.591. The van der Waals surface area contributed by atoms with E-state index in [2.05, 4.69) is 10.2 Å². The molecule has 7 heteroatoms. The number of amides is 2. The van der Waals surface area contributed by atoms with E-state index in [1.54, 1.807) is 0 Å². The number of hydrogen-bond acceptors (Lipinski definition) is 4. The van der Waals surface area contributed by atoms with E-state index in [1.165, 1.54) is 18.5 Å². The molecule has 0 aromatic carbocycles. The van der Waals surface area contributed by atoms with Gasteiger partial charge in [-0.05, 0) is 6.07 Å². The Kier molecular flexibility index (Phi) is 1.86. The van der Waals surface area contributed by atoms with Gasteiger partial charge in [-0.1, -0.05) is 0 Å². The molecule has 2 amide bonds. The zero-order chi connectivity index (χ0) is 11.0. The highest BCUT2D eigenvalue weighted by Crippen LogP contribution is 2.21. The highest BCUT2D eigenvalue weighted by Gasteiger charge is 2.18. The van der Waals surface area contributed by atoms with Gasteiger partial charge in [-0.2, -0.15) is 0 Å². The second-order valence-corrected chi connectivity index (χ2v) is 2.90. The van der Waals surface area contributed by atoms with Gasteiger partial charge in [-0.25, -0.2) is 4.79 Å². The van der Waals surface area contributed by atoms with Gasteiger partial charge < -0.3 is 11.5 Å². The number of nitrogens with zero attached hydrogens (tertiary/aromatic N) is 3. The van der Waals surface area contributed by atoms with E-state index in [1.807, 2.05) is 0 Å². The lowest BCUT2D eigenvalue weighted by atomic mass is 10.1. The van der Waals surface area contributed by atoms with Gasteiger partial charge in [0.05, 0.1) is 11.3 Å². The van der Waals surface area contributed by atoms with Gasteiger partial charge in [0.2, 0.25) is 0 Å². The van der Waals surface area contributed by atoms with Crippen molar-refractivity contribution in [1.82, 2.24) is 14.8 Å². The zero-order valence-electron chi connectivity index (χ0n) is 7.54. The third kappa shape index (κ3) is 1.39. The molecule has 0 aromatic rings. The van der Waals surface area contributed by atoms with Crippen LogP contribution in [0.3, 0.4) is 0 Å². The Hall–Kier alpha value is -2.44. The molecule has 4 N–H and O–H groups in total. The number of nitrogens with two attached hydrogens (primary N) is 2. The molecule has 76 valence electrons. The van der Waals surface area contributed by atoms with Crippen molar-refractivity contribution in [3.8, 4) is 11.3 Å². The van der Waals surface area contributed by atoms with Gasteiger partial charge in [0.15, 0.2) is 5.69 Å². The number of pyridine rings is 1. The summed E-state index contributed by atoms with van der Waals surface area (Å²) in [5.74, 6) is -0.695. The summed E-state index contributed by atoms with van der Waals surface area (Å²) < 4.78 is 1.12. The van der Waals surface area contributed by atoms with Gasteiger partial charge in [0, 0.05) is 12.4 Å². The summed E-state index contributed by atoms with van der Waals surface area (Å²) in [7, 11) is 0. The molecule has 15 heavy (non-hydrogen) atoms. The molecule has 0 aliphatic carbocycles. The minimum absolute atomic E-state index is 0.0283. The first-order valence-electron chi connectivity index (χ1n) is 4.03. The van der Waals surface area contributed by atoms with E-state index in [4.69, 9.17) is 11.5 Å². The van der Waals surface area contributed by atoms with Crippen molar-refractivity contribution in [3.05, 3.63) is 24.2 Å². The first kappa shape index (κ1) is 9.13. The maximum Gasteiger partial charge on any atom is 0.322 e. The Bertz CT molecular complexity index is 518. The molecule has 7 nitrogen and oxygen atoms in total. The van der Waals surface area contributed by atoms with E-state index in [0.717, 1.165) is 4.57 Å². The highest BCUT2D eigenvalue weighted by molar-refractivity contribution is 5.98. The van der Waals surface area contributed by atoms with Crippen LogP contribution < -0.4 is 11.5 Å². The molecule has 0 bridgehead atoms. The van der Waals surface area contributed by atoms with Crippen LogP contribution in [-0.4, -0.2) is 26.7 Å². The van der Waals surface area contributed by atoms with Crippen LogP contribution in [-0.2, 0) is 0 Å². The van der Waals surface area contributed by atoms with Gasteiger partial charge in [0.25, 0.3) is 5.91 Å². The summed E-state index contributed by atoms with van der Waals surface area (Å²) in [5, 5.41) is 7.33.